The highest BCUT2D eigenvalue weighted by Crippen LogP contribution is 2.35. The third kappa shape index (κ3) is 2.61. The SMILES string of the molecule is CC1(C)CC(=O)c2cnc3c(C(N)=O)c(Nc4ccccc4)nn3c2C1. The number of nitrogens with one attached hydrogen (secondary N) is 1. The minimum atomic E-state index is -0.618. The normalized spacial score (nSPS) is 15.7. The number of para-hydroxylation sites is 1. The van der Waals surface area contributed by atoms with Crippen molar-refractivity contribution in [2.45, 2.75) is 26.7 Å². The van der Waals surface area contributed by atoms with Gasteiger partial charge in [-0.1, -0.05) is 32.0 Å². The van der Waals surface area contributed by atoms with Crippen molar-refractivity contribution in [1.82, 2.24) is 14.6 Å². The van der Waals surface area contributed by atoms with E-state index in [0.717, 1.165) is 11.4 Å². The maximum absolute atomic E-state index is 12.5. The van der Waals surface area contributed by atoms with Gasteiger partial charge in [-0.25, -0.2) is 9.50 Å². The van der Waals surface area contributed by atoms with E-state index in [9.17, 15) is 9.59 Å². The topological polar surface area (TPSA) is 102 Å². The molecule has 0 saturated heterocycles. The predicted molar refractivity (Wildman–Crippen MR) is 97.7 cm³/mol. The molecule has 1 aliphatic carbocycles. The summed E-state index contributed by atoms with van der Waals surface area (Å²) in [7, 11) is 0. The lowest BCUT2D eigenvalue weighted by Gasteiger charge is -2.29. The fourth-order valence-corrected chi connectivity index (χ4v) is 3.45. The number of rotatable bonds is 3. The molecule has 1 aliphatic rings. The molecular weight excluding hydrogens is 330 g/mol. The molecule has 0 spiro atoms. The summed E-state index contributed by atoms with van der Waals surface area (Å²) in [6.07, 6.45) is 2.66. The van der Waals surface area contributed by atoms with Crippen LogP contribution in [0.5, 0.6) is 0 Å². The van der Waals surface area contributed by atoms with Crippen LogP contribution in [0.15, 0.2) is 36.5 Å². The molecule has 4 rings (SSSR count). The Hall–Kier alpha value is -3.22. The van der Waals surface area contributed by atoms with Crippen LogP contribution in [0, 0.1) is 5.41 Å². The second-order valence-electron chi connectivity index (χ2n) is 7.37. The summed E-state index contributed by atoms with van der Waals surface area (Å²) in [4.78, 5) is 28.9. The Bertz CT molecular complexity index is 1040. The van der Waals surface area contributed by atoms with Crippen LogP contribution in [0.2, 0.25) is 0 Å². The van der Waals surface area contributed by atoms with Gasteiger partial charge in [0.15, 0.2) is 17.2 Å². The third-order valence-electron chi connectivity index (χ3n) is 4.61. The van der Waals surface area contributed by atoms with Crippen molar-refractivity contribution in [3.05, 3.63) is 53.3 Å². The van der Waals surface area contributed by atoms with Crippen molar-refractivity contribution in [2.75, 3.05) is 5.32 Å². The Morgan fingerprint density at radius 2 is 1.96 bits per heavy atom. The average Bonchev–Trinajstić information content (AvgIpc) is 2.93. The number of hydrogen-bond donors (Lipinski definition) is 2. The Kier molecular flexibility index (Phi) is 3.54. The molecule has 0 fully saturated rings. The number of benzene rings is 1. The van der Waals surface area contributed by atoms with Crippen molar-refractivity contribution in [3.63, 3.8) is 0 Å². The van der Waals surface area contributed by atoms with Crippen LogP contribution >= 0.6 is 0 Å². The van der Waals surface area contributed by atoms with Crippen LogP contribution in [0.25, 0.3) is 5.65 Å². The first-order chi connectivity index (χ1) is 12.4. The Balaban J connectivity index is 1.93. The highest BCUT2D eigenvalue weighted by atomic mass is 16.1. The van der Waals surface area contributed by atoms with E-state index >= 15 is 0 Å². The summed E-state index contributed by atoms with van der Waals surface area (Å²) < 4.78 is 1.58. The van der Waals surface area contributed by atoms with Crippen LogP contribution in [-0.4, -0.2) is 26.3 Å². The number of carbonyl (C=O) groups excluding carboxylic acids is 2. The van der Waals surface area contributed by atoms with Gasteiger partial charge in [-0.2, -0.15) is 0 Å². The fourth-order valence-electron chi connectivity index (χ4n) is 3.45. The first kappa shape index (κ1) is 16.3. The molecule has 7 heteroatoms. The summed E-state index contributed by atoms with van der Waals surface area (Å²) in [5, 5.41) is 7.66. The maximum Gasteiger partial charge on any atom is 0.256 e. The standard InChI is InChI=1S/C19H19N5O2/c1-19(2)8-13-12(14(25)9-19)10-21-18-15(16(20)26)17(23-24(13)18)22-11-6-4-3-5-7-11/h3-7,10H,8-9H2,1-2H3,(H2,20,26)(H,22,23). The van der Waals surface area contributed by atoms with Gasteiger partial charge < -0.3 is 11.1 Å². The van der Waals surface area contributed by atoms with E-state index in [1.54, 1.807) is 4.52 Å². The molecule has 26 heavy (non-hydrogen) atoms. The Morgan fingerprint density at radius 1 is 1.23 bits per heavy atom. The number of Topliss-reactive ketones (excluding diaryl/α,β-unsaturated/α-hetero) is 1. The Labute approximate surface area is 150 Å². The zero-order valence-electron chi connectivity index (χ0n) is 14.6. The van der Waals surface area contributed by atoms with Gasteiger partial charge in [0.25, 0.3) is 5.91 Å². The number of primary amides is 1. The van der Waals surface area contributed by atoms with E-state index < -0.39 is 5.91 Å². The molecule has 1 amide bonds. The van der Waals surface area contributed by atoms with Gasteiger partial charge in [0.2, 0.25) is 0 Å². The average molecular weight is 349 g/mol. The number of fused-ring (bicyclic) bond motifs is 3. The Morgan fingerprint density at radius 3 is 2.65 bits per heavy atom. The molecule has 0 unspecified atom stereocenters. The molecule has 7 nitrogen and oxygen atoms in total. The van der Waals surface area contributed by atoms with Crippen LogP contribution < -0.4 is 11.1 Å². The number of aromatic nitrogens is 3. The third-order valence-corrected chi connectivity index (χ3v) is 4.61. The summed E-state index contributed by atoms with van der Waals surface area (Å²) in [5.74, 6) is -0.243. The molecule has 0 radical (unpaired) electrons. The molecule has 3 aromatic rings. The van der Waals surface area contributed by atoms with Gasteiger partial charge in [0.1, 0.15) is 5.56 Å². The largest absolute Gasteiger partial charge is 0.365 e. The number of ketones is 1. The van der Waals surface area contributed by atoms with E-state index in [-0.39, 0.29) is 16.8 Å². The van der Waals surface area contributed by atoms with Gasteiger partial charge in [-0.15, -0.1) is 5.10 Å². The molecule has 3 N–H and O–H groups in total. The molecular formula is C19H19N5O2. The molecule has 0 saturated carbocycles. The minimum Gasteiger partial charge on any atom is -0.365 e. The van der Waals surface area contributed by atoms with Crippen molar-refractivity contribution in [2.24, 2.45) is 11.1 Å². The second-order valence-corrected chi connectivity index (χ2v) is 7.37. The summed E-state index contributed by atoms with van der Waals surface area (Å²) in [5.41, 5.74) is 8.10. The van der Waals surface area contributed by atoms with Crippen LogP contribution in [0.1, 0.15) is 46.7 Å². The first-order valence-electron chi connectivity index (χ1n) is 8.41. The molecule has 2 aromatic heterocycles. The molecule has 0 bridgehead atoms. The zero-order chi connectivity index (χ0) is 18.5. The first-order valence-corrected chi connectivity index (χ1v) is 8.41. The van der Waals surface area contributed by atoms with Gasteiger partial charge in [0.05, 0.1) is 11.3 Å². The van der Waals surface area contributed by atoms with Gasteiger partial charge >= 0.3 is 0 Å². The van der Waals surface area contributed by atoms with E-state index in [1.807, 2.05) is 44.2 Å². The van der Waals surface area contributed by atoms with Crippen molar-refractivity contribution in [3.8, 4) is 0 Å². The minimum absolute atomic E-state index is 0.0411. The molecule has 0 atom stereocenters. The van der Waals surface area contributed by atoms with E-state index in [0.29, 0.717) is 29.9 Å². The summed E-state index contributed by atoms with van der Waals surface area (Å²) in [6.45, 7) is 4.09. The molecule has 0 aliphatic heterocycles. The van der Waals surface area contributed by atoms with E-state index in [4.69, 9.17) is 5.73 Å². The van der Waals surface area contributed by atoms with Gasteiger partial charge in [-0.05, 0) is 24.0 Å². The lowest BCUT2D eigenvalue weighted by Crippen LogP contribution is -2.29. The molecule has 132 valence electrons. The van der Waals surface area contributed by atoms with Crippen LogP contribution in [-0.2, 0) is 6.42 Å². The number of hydrogen-bond acceptors (Lipinski definition) is 5. The number of carbonyl (C=O) groups is 2. The molecule has 1 aromatic carbocycles. The lowest BCUT2D eigenvalue weighted by atomic mass is 9.76. The molecule has 2 heterocycles. The van der Waals surface area contributed by atoms with E-state index in [2.05, 4.69) is 15.4 Å². The summed E-state index contributed by atoms with van der Waals surface area (Å²) in [6, 6.07) is 9.39. The van der Waals surface area contributed by atoms with Crippen LogP contribution in [0.3, 0.4) is 0 Å². The van der Waals surface area contributed by atoms with Gasteiger partial charge in [0, 0.05) is 18.3 Å². The number of anilines is 2. The van der Waals surface area contributed by atoms with Crippen LogP contribution in [0.4, 0.5) is 11.5 Å². The number of nitrogens with two attached hydrogens (primary N) is 1. The second kappa shape index (κ2) is 5.66. The highest BCUT2D eigenvalue weighted by molar-refractivity contribution is 6.05. The van der Waals surface area contributed by atoms with Gasteiger partial charge in [-0.3, -0.25) is 9.59 Å². The van der Waals surface area contributed by atoms with E-state index in [1.165, 1.54) is 6.20 Å². The summed E-state index contributed by atoms with van der Waals surface area (Å²) >= 11 is 0. The quantitative estimate of drug-likeness (QED) is 0.757. The predicted octanol–water partition coefficient (Wildman–Crippen LogP) is 2.73. The van der Waals surface area contributed by atoms with Crippen molar-refractivity contribution < 1.29 is 9.59 Å². The maximum atomic E-state index is 12.5. The highest BCUT2D eigenvalue weighted by Gasteiger charge is 2.34. The fraction of sp³-hybridized carbons (Fsp3) is 0.263. The van der Waals surface area contributed by atoms with Crippen molar-refractivity contribution in [1.29, 1.82) is 0 Å². The lowest BCUT2D eigenvalue weighted by molar-refractivity contribution is 0.0908. The monoisotopic (exact) mass is 349 g/mol. The number of nitrogens with zero attached hydrogens (tertiary/aromatic N) is 3. The zero-order valence-corrected chi connectivity index (χ0v) is 14.6. The smallest absolute Gasteiger partial charge is 0.256 e. The number of amides is 1. The van der Waals surface area contributed by atoms with Crippen molar-refractivity contribution >= 4 is 28.8 Å².